The standard InChI is InChI=1S/C16H24BNO3/c1-6-19-14-13(11-7-8-11)9-12(10-18-14)17-20-15(2,3)16(4,5)21-17/h9-11H,6-8H2,1-5H3. The summed E-state index contributed by atoms with van der Waals surface area (Å²) in [5.41, 5.74) is 1.54. The van der Waals surface area contributed by atoms with Gasteiger partial charge in [0.25, 0.3) is 0 Å². The van der Waals surface area contributed by atoms with Crippen LogP contribution in [-0.2, 0) is 9.31 Å². The molecule has 0 N–H and O–H groups in total. The molecular weight excluding hydrogens is 265 g/mol. The zero-order valence-corrected chi connectivity index (χ0v) is 13.6. The summed E-state index contributed by atoms with van der Waals surface area (Å²) < 4.78 is 17.8. The van der Waals surface area contributed by atoms with Crippen LogP contribution < -0.4 is 10.2 Å². The second kappa shape index (κ2) is 4.99. The maximum Gasteiger partial charge on any atom is 0.496 e. The largest absolute Gasteiger partial charge is 0.496 e. The molecule has 1 aliphatic carbocycles. The Balaban J connectivity index is 1.88. The molecule has 21 heavy (non-hydrogen) atoms. The summed E-state index contributed by atoms with van der Waals surface area (Å²) in [6, 6.07) is 2.15. The van der Waals surface area contributed by atoms with Crippen molar-refractivity contribution in [3.63, 3.8) is 0 Å². The second-order valence-corrected chi connectivity index (χ2v) is 6.96. The zero-order chi connectivity index (χ0) is 15.3. The van der Waals surface area contributed by atoms with Gasteiger partial charge in [0.1, 0.15) is 0 Å². The van der Waals surface area contributed by atoms with Gasteiger partial charge in [0, 0.05) is 17.2 Å². The Morgan fingerprint density at radius 3 is 2.38 bits per heavy atom. The molecule has 2 aliphatic rings. The summed E-state index contributed by atoms with van der Waals surface area (Å²) in [6.45, 7) is 10.9. The molecular formula is C16H24BNO3. The van der Waals surface area contributed by atoms with Crippen LogP contribution in [0.15, 0.2) is 12.3 Å². The summed E-state index contributed by atoms with van der Waals surface area (Å²) >= 11 is 0. The van der Waals surface area contributed by atoms with E-state index >= 15 is 0 Å². The van der Waals surface area contributed by atoms with Gasteiger partial charge in [-0.2, -0.15) is 0 Å². The monoisotopic (exact) mass is 289 g/mol. The fourth-order valence-electron chi connectivity index (χ4n) is 2.54. The smallest absolute Gasteiger partial charge is 0.478 e. The molecule has 2 fully saturated rings. The van der Waals surface area contributed by atoms with Crippen molar-refractivity contribution in [1.29, 1.82) is 0 Å². The lowest BCUT2D eigenvalue weighted by Gasteiger charge is -2.32. The van der Waals surface area contributed by atoms with Crippen molar-refractivity contribution < 1.29 is 14.0 Å². The second-order valence-electron chi connectivity index (χ2n) is 6.96. The van der Waals surface area contributed by atoms with Crippen molar-refractivity contribution in [2.45, 2.75) is 64.6 Å². The number of hydrogen-bond donors (Lipinski definition) is 0. The Hall–Kier alpha value is -1.07. The lowest BCUT2D eigenvalue weighted by atomic mass is 9.79. The minimum absolute atomic E-state index is 0.323. The van der Waals surface area contributed by atoms with E-state index in [0.29, 0.717) is 12.5 Å². The van der Waals surface area contributed by atoms with E-state index in [1.165, 1.54) is 18.4 Å². The maximum absolute atomic E-state index is 6.10. The average molecular weight is 289 g/mol. The molecule has 0 radical (unpaired) electrons. The first-order valence-electron chi connectivity index (χ1n) is 7.82. The Labute approximate surface area is 127 Å². The first kappa shape index (κ1) is 14.9. The van der Waals surface area contributed by atoms with Gasteiger partial charge in [-0.1, -0.05) is 6.07 Å². The highest BCUT2D eigenvalue weighted by Gasteiger charge is 2.52. The van der Waals surface area contributed by atoms with Crippen LogP contribution in [-0.4, -0.2) is 29.9 Å². The highest BCUT2D eigenvalue weighted by atomic mass is 16.7. The van der Waals surface area contributed by atoms with Crippen molar-refractivity contribution in [1.82, 2.24) is 4.98 Å². The summed E-state index contributed by atoms with van der Waals surface area (Å²) in [7, 11) is -0.351. The van der Waals surface area contributed by atoms with Gasteiger partial charge in [-0.05, 0) is 53.4 Å². The number of pyridine rings is 1. The average Bonchev–Trinajstić information content (AvgIpc) is 3.19. The number of nitrogens with zero attached hydrogens (tertiary/aromatic N) is 1. The predicted molar refractivity (Wildman–Crippen MR) is 83.1 cm³/mol. The highest BCUT2D eigenvalue weighted by molar-refractivity contribution is 6.62. The van der Waals surface area contributed by atoms with Crippen LogP contribution in [0.5, 0.6) is 5.88 Å². The van der Waals surface area contributed by atoms with E-state index in [4.69, 9.17) is 14.0 Å². The predicted octanol–water partition coefficient (Wildman–Crippen LogP) is 2.66. The molecule has 3 rings (SSSR count). The third-order valence-corrected chi connectivity index (χ3v) is 4.72. The maximum atomic E-state index is 6.10. The Kier molecular flexibility index (Phi) is 3.53. The van der Waals surface area contributed by atoms with Crippen LogP contribution in [0.2, 0.25) is 0 Å². The molecule has 1 aromatic heterocycles. The topological polar surface area (TPSA) is 40.6 Å². The minimum Gasteiger partial charge on any atom is -0.478 e. The van der Waals surface area contributed by atoms with Crippen molar-refractivity contribution >= 4 is 12.6 Å². The van der Waals surface area contributed by atoms with Gasteiger partial charge in [0.05, 0.1) is 17.8 Å². The Morgan fingerprint density at radius 2 is 1.86 bits per heavy atom. The molecule has 0 spiro atoms. The SMILES string of the molecule is CCOc1ncc(B2OC(C)(C)C(C)(C)O2)cc1C1CC1. The lowest BCUT2D eigenvalue weighted by molar-refractivity contribution is 0.00578. The molecule has 0 aromatic carbocycles. The zero-order valence-electron chi connectivity index (χ0n) is 13.6. The van der Waals surface area contributed by atoms with Crippen LogP contribution in [0, 0.1) is 0 Å². The number of rotatable bonds is 4. The molecule has 1 saturated carbocycles. The highest BCUT2D eigenvalue weighted by Crippen LogP contribution is 2.43. The first-order chi connectivity index (χ1) is 9.84. The van der Waals surface area contributed by atoms with Crippen LogP contribution in [0.25, 0.3) is 0 Å². The van der Waals surface area contributed by atoms with Gasteiger partial charge < -0.3 is 14.0 Å². The van der Waals surface area contributed by atoms with E-state index in [2.05, 4.69) is 38.7 Å². The molecule has 114 valence electrons. The van der Waals surface area contributed by atoms with E-state index in [1.54, 1.807) is 0 Å². The van der Waals surface area contributed by atoms with E-state index in [1.807, 2.05) is 13.1 Å². The van der Waals surface area contributed by atoms with Crippen molar-refractivity contribution in [3.8, 4) is 5.88 Å². The van der Waals surface area contributed by atoms with Crippen molar-refractivity contribution in [3.05, 3.63) is 17.8 Å². The van der Waals surface area contributed by atoms with Crippen molar-refractivity contribution in [2.75, 3.05) is 6.61 Å². The summed E-state index contributed by atoms with van der Waals surface area (Å²) in [5.74, 6) is 1.35. The molecule has 1 aliphatic heterocycles. The quantitative estimate of drug-likeness (QED) is 0.799. The summed E-state index contributed by atoms with van der Waals surface area (Å²) in [6.07, 6.45) is 4.25. The fourth-order valence-corrected chi connectivity index (χ4v) is 2.54. The molecule has 0 bridgehead atoms. The molecule has 4 nitrogen and oxygen atoms in total. The molecule has 1 aromatic rings. The number of aromatic nitrogens is 1. The number of ether oxygens (including phenoxy) is 1. The third-order valence-electron chi connectivity index (χ3n) is 4.72. The normalized spacial score (nSPS) is 23.4. The van der Waals surface area contributed by atoms with Gasteiger partial charge in [0.2, 0.25) is 5.88 Å². The summed E-state index contributed by atoms with van der Waals surface area (Å²) in [5, 5.41) is 0. The molecule has 0 unspecified atom stereocenters. The summed E-state index contributed by atoms with van der Waals surface area (Å²) in [4.78, 5) is 4.49. The molecule has 2 heterocycles. The van der Waals surface area contributed by atoms with Gasteiger partial charge in [-0.15, -0.1) is 0 Å². The number of hydrogen-bond acceptors (Lipinski definition) is 4. The van der Waals surface area contributed by atoms with Gasteiger partial charge in [-0.25, -0.2) is 4.98 Å². The molecule has 5 heteroatoms. The van der Waals surface area contributed by atoms with Gasteiger partial charge in [-0.3, -0.25) is 0 Å². The molecule has 1 saturated heterocycles. The van der Waals surface area contributed by atoms with Gasteiger partial charge in [0.15, 0.2) is 0 Å². The van der Waals surface area contributed by atoms with Crippen molar-refractivity contribution in [2.24, 2.45) is 0 Å². The van der Waals surface area contributed by atoms with Gasteiger partial charge >= 0.3 is 7.12 Å². The van der Waals surface area contributed by atoms with Crippen LogP contribution >= 0.6 is 0 Å². The van der Waals surface area contributed by atoms with Crippen LogP contribution in [0.3, 0.4) is 0 Å². The Morgan fingerprint density at radius 1 is 1.24 bits per heavy atom. The molecule has 0 atom stereocenters. The Bertz CT molecular complexity index is 524. The van der Waals surface area contributed by atoms with Crippen LogP contribution in [0.4, 0.5) is 0 Å². The van der Waals surface area contributed by atoms with E-state index < -0.39 is 0 Å². The first-order valence-corrected chi connectivity index (χ1v) is 7.82. The fraction of sp³-hybridized carbons (Fsp3) is 0.688. The van der Waals surface area contributed by atoms with E-state index in [0.717, 1.165) is 11.3 Å². The van der Waals surface area contributed by atoms with E-state index in [9.17, 15) is 0 Å². The van der Waals surface area contributed by atoms with E-state index in [-0.39, 0.29) is 18.3 Å². The molecule has 0 amide bonds. The lowest BCUT2D eigenvalue weighted by Crippen LogP contribution is -2.41. The minimum atomic E-state index is -0.351. The third kappa shape index (κ3) is 2.69. The van der Waals surface area contributed by atoms with Crippen LogP contribution in [0.1, 0.15) is 58.9 Å².